The summed E-state index contributed by atoms with van der Waals surface area (Å²) in [6, 6.07) is 5.58. The lowest BCUT2D eigenvalue weighted by molar-refractivity contribution is 0.591. The molecule has 0 radical (unpaired) electrons. The molecule has 0 bridgehead atoms. The summed E-state index contributed by atoms with van der Waals surface area (Å²) in [6.07, 6.45) is 6.40. The van der Waals surface area contributed by atoms with Crippen molar-refractivity contribution in [2.24, 2.45) is 5.73 Å². The lowest BCUT2D eigenvalue weighted by atomic mass is 10.2. The number of hydrogen-bond acceptors (Lipinski definition) is 4. The number of anilines is 1. The van der Waals surface area contributed by atoms with Gasteiger partial charge in [-0.05, 0) is 24.6 Å². The van der Waals surface area contributed by atoms with Crippen LogP contribution in [0.2, 0.25) is 0 Å². The average Bonchev–Trinajstić information content (AvgIpc) is 2.88. The SMILES string of the molecule is NC(=S)c1ccnc(NCCCn2cccn2)c1. The third-order valence-electron chi connectivity index (χ3n) is 2.47. The zero-order valence-electron chi connectivity index (χ0n) is 9.91. The van der Waals surface area contributed by atoms with E-state index in [1.807, 2.05) is 23.0 Å². The number of aryl methyl sites for hydroxylation is 1. The monoisotopic (exact) mass is 261 g/mol. The molecule has 0 aliphatic rings. The summed E-state index contributed by atoms with van der Waals surface area (Å²) in [5.41, 5.74) is 6.39. The summed E-state index contributed by atoms with van der Waals surface area (Å²) in [5.74, 6) is 0.792. The number of nitrogens with one attached hydrogen (secondary N) is 1. The smallest absolute Gasteiger partial charge is 0.126 e. The van der Waals surface area contributed by atoms with Gasteiger partial charge < -0.3 is 11.1 Å². The van der Waals surface area contributed by atoms with Gasteiger partial charge in [0.2, 0.25) is 0 Å². The van der Waals surface area contributed by atoms with Crippen LogP contribution in [0.15, 0.2) is 36.8 Å². The van der Waals surface area contributed by atoms with Crippen LogP contribution in [0, 0.1) is 0 Å². The molecule has 6 heteroatoms. The summed E-state index contributed by atoms with van der Waals surface area (Å²) in [6.45, 7) is 1.71. The Labute approximate surface area is 111 Å². The van der Waals surface area contributed by atoms with Crippen LogP contribution in [0.25, 0.3) is 0 Å². The van der Waals surface area contributed by atoms with Crippen LogP contribution in [0.4, 0.5) is 5.82 Å². The highest BCUT2D eigenvalue weighted by Gasteiger charge is 1.99. The van der Waals surface area contributed by atoms with Gasteiger partial charge in [-0.3, -0.25) is 4.68 Å². The molecule has 18 heavy (non-hydrogen) atoms. The molecule has 0 saturated heterocycles. The highest BCUT2D eigenvalue weighted by Crippen LogP contribution is 2.06. The molecule has 0 amide bonds. The van der Waals surface area contributed by atoms with Gasteiger partial charge in [0.15, 0.2) is 0 Å². The fourth-order valence-corrected chi connectivity index (χ4v) is 1.70. The minimum atomic E-state index is 0.386. The van der Waals surface area contributed by atoms with Crippen molar-refractivity contribution in [3.63, 3.8) is 0 Å². The third kappa shape index (κ3) is 3.53. The summed E-state index contributed by atoms with van der Waals surface area (Å²) in [7, 11) is 0. The second-order valence-corrected chi connectivity index (χ2v) is 4.28. The van der Waals surface area contributed by atoms with E-state index in [9.17, 15) is 0 Å². The predicted molar refractivity (Wildman–Crippen MR) is 75.5 cm³/mol. The lowest BCUT2D eigenvalue weighted by Gasteiger charge is -2.07. The molecule has 0 aromatic carbocycles. The van der Waals surface area contributed by atoms with Crippen LogP contribution >= 0.6 is 12.2 Å². The van der Waals surface area contributed by atoms with Crippen molar-refractivity contribution in [3.8, 4) is 0 Å². The van der Waals surface area contributed by atoms with E-state index in [0.717, 1.165) is 30.9 Å². The Balaban J connectivity index is 1.79. The van der Waals surface area contributed by atoms with Crippen molar-refractivity contribution in [1.82, 2.24) is 14.8 Å². The van der Waals surface area contributed by atoms with Crippen molar-refractivity contribution in [3.05, 3.63) is 42.4 Å². The number of aromatic nitrogens is 3. The van der Waals surface area contributed by atoms with Crippen molar-refractivity contribution >= 4 is 23.0 Å². The normalized spacial score (nSPS) is 10.2. The minimum Gasteiger partial charge on any atom is -0.389 e. The topological polar surface area (TPSA) is 68.8 Å². The highest BCUT2D eigenvalue weighted by atomic mass is 32.1. The van der Waals surface area contributed by atoms with Crippen LogP contribution in [0.5, 0.6) is 0 Å². The number of nitrogens with two attached hydrogens (primary N) is 1. The maximum Gasteiger partial charge on any atom is 0.126 e. The molecule has 2 heterocycles. The number of pyridine rings is 1. The van der Waals surface area contributed by atoms with Gasteiger partial charge in [-0.25, -0.2) is 4.98 Å². The first kappa shape index (κ1) is 12.5. The molecule has 0 unspecified atom stereocenters. The number of thiocarbonyl (C=S) groups is 1. The summed E-state index contributed by atoms with van der Waals surface area (Å²) in [5, 5.41) is 7.37. The summed E-state index contributed by atoms with van der Waals surface area (Å²) < 4.78 is 1.90. The average molecular weight is 261 g/mol. The third-order valence-corrected chi connectivity index (χ3v) is 2.71. The Morgan fingerprint density at radius 1 is 1.44 bits per heavy atom. The van der Waals surface area contributed by atoms with E-state index in [-0.39, 0.29) is 0 Å². The number of nitrogens with zero attached hydrogens (tertiary/aromatic N) is 3. The van der Waals surface area contributed by atoms with Crippen LogP contribution < -0.4 is 11.1 Å². The van der Waals surface area contributed by atoms with E-state index in [1.54, 1.807) is 18.5 Å². The first-order valence-corrected chi connectivity index (χ1v) is 6.14. The van der Waals surface area contributed by atoms with Crippen molar-refractivity contribution in [2.75, 3.05) is 11.9 Å². The van der Waals surface area contributed by atoms with Gasteiger partial charge in [0.25, 0.3) is 0 Å². The van der Waals surface area contributed by atoms with Gasteiger partial charge in [-0.1, -0.05) is 12.2 Å². The van der Waals surface area contributed by atoms with Gasteiger partial charge in [0.1, 0.15) is 10.8 Å². The Morgan fingerprint density at radius 3 is 3.06 bits per heavy atom. The van der Waals surface area contributed by atoms with E-state index in [4.69, 9.17) is 18.0 Å². The summed E-state index contributed by atoms with van der Waals surface area (Å²) >= 11 is 4.92. The highest BCUT2D eigenvalue weighted by molar-refractivity contribution is 7.80. The molecule has 2 rings (SSSR count). The maximum absolute atomic E-state index is 5.57. The van der Waals surface area contributed by atoms with Crippen LogP contribution in [-0.4, -0.2) is 26.3 Å². The molecule has 2 aromatic rings. The van der Waals surface area contributed by atoms with Gasteiger partial charge in [-0.15, -0.1) is 0 Å². The minimum absolute atomic E-state index is 0.386. The zero-order chi connectivity index (χ0) is 12.8. The molecule has 0 saturated carbocycles. The van der Waals surface area contributed by atoms with Gasteiger partial charge in [0.05, 0.1) is 0 Å². The lowest BCUT2D eigenvalue weighted by Crippen LogP contribution is -2.11. The predicted octanol–water partition coefficient (Wildman–Crippen LogP) is 1.41. The molecule has 0 fully saturated rings. The number of rotatable bonds is 6. The largest absolute Gasteiger partial charge is 0.389 e. The van der Waals surface area contributed by atoms with Crippen LogP contribution in [-0.2, 0) is 6.54 Å². The first-order valence-electron chi connectivity index (χ1n) is 5.73. The Bertz CT molecular complexity index is 509. The van der Waals surface area contributed by atoms with E-state index >= 15 is 0 Å². The molecule has 0 aliphatic heterocycles. The van der Waals surface area contributed by atoms with Crippen molar-refractivity contribution in [2.45, 2.75) is 13.0 Å². The Morgan fingerprint density at radius 2 is 2.33 bits per heavy atom. The van der Waals surface area contributed by atoms with E-state index in [2.05, 4.69) is 15.4 Å². The fourth-order valence-electron chi connectivity index (χ4n) is 1.57. The molecule has 94 valence electrons. The van der Waals surface area contributed by atoms with Gasteiger partial charge in [0, 0.05) is 37.2 Å². The Hall–Kier alpha value is -1.95. The van der Waals surface area contributed by atoms with Gasteiger partial charge >= 0.3 is 0 Å². The van der Waals surface area contributed by atoms with E-state index < -0.39 is 0 Å². The molecule has 0 atom stereocenters. The Kier molecular flexibility index (Phi) is 4.25. The standard InChI is InChI=1S/C12H15N5S/c13-12(18)10-3-6-15-11(9-10)14-4-1-7-17-8-2-5-16-17/h2-3,5-6,8-9H,1,4,7H2,(H2,13,18)(H,14,15). The second kappa shape index (κ2) is 6.11. The van der Waals surface area contributed by atoms with Crippen LogP contribution in [0.3, 0.4) is 0 Å². The van der Waals surface area contributed by atoms with Crippen molar-refractivity contribution < 1.29 is 0 Å². The molecule has 5 nitrogen and oxygen atoms in total. The molecular formula is C12H15N5S. The first-order chi connectivity index (χ1) is 8.75. The molecule has 0 aliphatic carbocycles. The van der Waals surface area contributed by atoms with Crippen molar-refractivity contribution in [1.29, 1.82) is 0 Å². The molecule has 2 aromatic heterocycles. The summed E-state index contributed by atoms with van der Waals surface area (Å²) in [4.78, 5) is 4.59. The van der Waals surface area contributed by atoms with E-state index in [0.29, 0.717) is 4.99 Å². The quantitative estimate of drug-likeness (QED) is 0.608. The van der Waals surface area contributed by atoms with E-state index in [1.165, 1.54) is 0 Å². The molecule has 0 spiro atoms. The van der Waals surface area contributed by atoms with Crippen LogP contribution in [0.1, 0.15) is 12.0 Å². The van der Waals surface area contributed by atoms with Gasteiger partial charge in [-0.2, -0.15) is 5.10 Å². The number of hydrogen-bond donors (Lipinski definition) is 2. The zero-order valence-corrected chi connectivity index (χ0v) is 10.7. The second-order valence-electron chi connectivity index (χ2n) is 3.84. The fraction of sp³-hybridized carbons (Fsp3) is 0.250. The molecule has 3 N–H and O–H groups in total. The molecular weight excluding hydrogens is 246 g/mol. The maximum atomic E-state index is 5.57.